The first-order valence-corrected chi connectivity index (χ1v) is 15.9. The van der Waals surface area contributed by atoms with E-state index in [1.165, 1.54) is 0 Å². The third-order valence-corrected chi connectivity index (χ3v) is 8.95. The monoisotopic (exact) mass is 612 g/mol. The van der Waals surface area contributed by atoms with Gasteiger partial charge in [0.15, 0.2) is 6.29 Å². The lowest BCUT2D eigenvalue weighted by molar-refractivity contribution is -0.268. The van der Waals surface area contributed by atoms with E-state index in [1.807, 2.05) is 73.7 Å². The molecule has 44 heavy (non-hydrogen) atoms. The number of nitrogens with one attached hydrogen (secondary N) is 2. The van der Waals surface area contributed by atoms with Crippen molar-refractivity contribution in [2.24, 2.45) is 5.92 Å². The zero-order valence-corrected chi connectivity index (χ0v) is 26.2. The van der Waals surface area contributed by atoms with Gasteiger partial charge in [0, 0.05) is 35.2 Å². The minimum Gasteiger partial charge on any atom is -0.496 e. The lowest BCUT2D eigenvalue weighted by atomic mass is 9.91. The molecule has 230 valence electrons. The summed E-state index contributed by atoms with van der Waals surface area (Å²) in [5.41, 5.74) is 5.95. The topological polar surface area (TPSA) is 89.1 Å². The van der Waals surface area contributed by atoms with Crippen LogP contribution < -0.4 is 15.4 Å². The van der Waals surface area contributed by atoms with Crippen LogP contribution in [0.1, 0.15) is 48.5 Å². The summed E-state index contributed by atoms with van der Waals surface area (Å²) in [5.74, 6) is 1.65. The van der Waals surface area contributed by atoms with Crippen molar-refractivity contribution in [2.75, 3.05) is 19.4 Å². The Bertz CT molecular complexity index is 1530. The zero-order valence-electron chi connectivity index (χ0n) is 25.4. The Hall–Kier alpha value is -3.82. The number of ether oxygens (including phenoxy) is 3. The van der Waals surface area contributed by atoms with E-state index in [-0.39, 0.29) is 30.8 Å². The van der Waals surface area contributed by atoms with Gasteiger partial charge in [-0.2, -0.15) is 0 Å². The van der Waals surface area contributed by atoms with E-state index in [1.54, 1.807) is 18.9 Å². The van der Waals surface area contributed by atoms with Gasteiger partial charge in [-0.25, -0.2) is 4.79 Å². The molecule has 1 saturated heterocycles. The number of hydrogen-bond acceptors (Lipinski definition) is 6. The number of carbonyl (C=O) groups excluding carboxylic acids is 1. The fraction of sp³-hybridized carbons (Fsp3) is 0.306. The Morgan fingerprint density at radius 3 is 2.36 bits per heavy atom. The second-order valence-corrected chi connectivity index (χ2v) is 11.9. The fourth-order valence-electron chi connectivity index (χ4n) is 5.35. The van der Waals surface area contributed by atoms with Crippen molar-refractivity contribution in [3.05, 3.63) is 119 Å². The van der Waals surface area contributed by atoms with Crippen molar-refractivity contribution in [1.29, 1.82) is 0 Å². The van der Waals surface area contributed by atoms with Crippen LogP contribution >= 0.6 is 11.8 Å². The molecule has 1 aliphatic rings. The van der Waals surface area contributed by atoms with Gasteiger partial charge in [-0.1, -0.05) is 79.7 Å². The van der Waals surface area contributed by atoms with Crippen LogP contribution in [0.5, 0.6) is 5.75 Å². The van der Waals surface area contributed by atoms with Crippen LogP contribution in [0.3, 0.4) is 0 Å². The van der Waals surface area contributed by atoms with Crippen LogP contribution in [0.4, 0.5) is 4.79 Å². The van der Waals surface area contributed by atoms with Crippen molar-refractivity contribution in [1.82, 2.24) is 10.6 Å². The van der Waals surface area contributed by atoms with Crippen molar-refractivity contribution in [3.8, 4) is 16.9 Å². The van der Waals surface area contributed by atoms with Gasteiger partial charge in [0.25, 0.3) is 0 Å². The molecule has 4 atom stereocenters. The van der Waals surface area contributed by atoms with Gasteiger partial charge in [0.2, 0.25) is 0 Å². The molecule has 4 aromatic rings. The second kappa shape index (κ2) is 15.3. The lowest BCUT2D eigenvalue weighted by Crippen LogP contribution is -2.38. The molecule has 0 spiro atoms. The minimum atomic E-state index is -0.570. The molecule has 0 aromatic heterocycles. The Morgan fingerprint density at radius 1 is 0.864 bits per heavy atom. The van der Waals surface area contributed by atoms with Gasteiger partial charge >= 0.3 is 6.03 Å². The molecule has 1 fully saturated rings. The number of urea groups is 1. The van der Waals surface area contributed by atoms with E-state index in [4.69, 9.17) is 14.2 Å². The third kappa shape index (κ3) is 7.81. The molecule has 8 heteroatoms. The molecular formula is C36H40N2O5S. The number of thioether (sulfide) groups is 1. The lowest BCUT2D eigenvalue weighted by Gasteiger charge is -2.41. The minimum absolute atomic E-state index is 0.00125. The van der Waals surface area contributed by atoms with Crippen molar-refractivity contribution < 1.29 is 24.1 Å². The predicted molar refractivity (Wildman–Crippen MR) is 174 cm³/mol. The van der Waals surface area contributed by atoms with Gasteiger partial charge in [0.1, 0.15) is 5.75 Å². The molecule has 5 rings (SSSR count). The average molecular weight is 613 g/mol. The number of para-hydroxylation sites is 1. The van der Waals surface area contributed by atoms with E-state index in [0.717, 1.165) is 49.8 Å². The predicted octanol–water partition coefficient (Wildman–Crippen LogP) is 7.26. The Kier molecular flexibility index (Phi) is 11.0. The number of aliphatic hydroxyl groups is 1. The van der Waals surface area contributed by atoms with Crippen LogP contribution in [0, 0.1) is 5.92 Å². The van der Waals surface area contributed by atoms with E-state index in [0.29, 0.717) is 13.1 Å². The van der Waals surface area contributed by atoms with Gasteiger partial charge in [-0.15, -0.1) is 11.8 Å². The summed E-state index contributed by atoms with van der Waals surface area (Å²) in [4.78, 5) is 13.0. The molecular weight excluding hydrogens is 572 g/mol. The largest absolute Gasteiger partial charge is 0.496 e. The smallest absolute Gasteiger partial charge is 0.315 e. The standard InChI is InChI=1S/C36H40N2O5S/c1-4-37-36(40)38-21-26-9-7-10-28(19-26)29-11-8-12-30(20-29)35-42-32(23-44-33-14-6-5-13-31(33)41-3)24(2)34(43-35)27-17-15-25(22-39)16-18-27/h5-20,24,32,34-35,39H,4,21-23H2,1-3H3,(H2,37,38,40)/t24-,32+,34+,35+/m0/s1. The Balaban J connectivity index is 1.39. The van der Waals surface area contributed by atoms with Crippen LogP contribution in [-0.2, 0) is 22.6 Å². The number of methoxy groups -OCH3 is 1. The summed E-state index contributed by atoms with van der Waals surface area (Å²) in [5, 5.41) is 15.2. The van der Waals surface area contributed by atoms with Crippen LogP contribution in [0.15, 0.2) is 102 Å². The summed E-state index contributed by atoms with van der Waals surface area (Å²) >= 11 is 1.72. The average Bonchev–Trinajstić information content (AvgIpc) is 3.07. The Morgan fingerprint density at radius 2 is 1.61 bits per heavy atom. The first-order chi connectivity index (χ1) is 21.5. The number of aliphatic hydroxyl groups excluding tert-OH is 1. The molecule has 1 aliphatic heterocycles. The SMILES string of the molecule is CCNC(=O)NCc1cccc(-c2cccc([C@@H]3O[C@H](CSc4ccccc4OC)[C@H](C)[C@H](c4ccc(CO)cc4)O3)c2)c1. The molecule has 3 N–H and O–H groups in total. The van der Waals surface area contributed by atoms with Crippen molar-refractivity contribution in [3.63, 3.8) is 0 Å². The highest BCUT2D eigenvalue weighted by atomic mass is 32.2. The van der Waals surface area contributed by atoms with Gasteiger partial charge in [-0.3, -0.25) is 0 Å². The highest BCUT2D eigenvalue weighted by Crippen LogP contribution is 2.44. The summed E-state index contributed by atoms with van der Waals surface area (Å²) in [7, 11) is 1.69. The number of carbonyl (C=O) groups is 1. The van der Waals surface area contributed by atoms with Crippen LogP contribution in [-0.4, -0.2) is 36.6 Å². The van der Waals surface area contributed by atoms with E-state index in [9.17, 15) is 9.90 Å². The summed E-state index contributed by atoms with van der Waals surface area (Å²) < 4.78 is 19.0. The maximum atomic E-state index is 11.9. The molecule has 0 bridgehead atoms. The second-order valence-electron chi connectivity index (χ2n) is 10.8. The van der Waals surface area contributed by atoms with E-state index in [2.05, 4.69) is 47.9 Å². The highest BCUT2D eigenvalue weighted by molar-refractivity contribution is 7.99. The molecule has 7 nitrogen and oxygen atoms in total. The maximum Gasteiger partial charge on any atom is 0.315 e. The zero-order chi connectivity index (χ0) is 30.9. The number of amides is 2. The first-order valence-electron chi connectivity index (χ1n) is 15.0. The van der Waals surface area contributed by atoms with Gasteiger partial charge in [-0.05, 0) is 59.0 Å². The summed E-state index contributed by atoms with van der Waals surface area (Å²) in [6, 6.07) is 32.3. The van der Waals surface area contributed by atoms with Crippen LogP contribution in [0.2, 0.25) is 0 Å². The molecule has 2 amide bonds. The highest BCUT2D eigenvalue weighted by Gasteiger charge is 2.38. The first kappa shape index (κ1) is 31.6. The molecule has 1 heterocycles. The quantitative estimate of drug-likeness (QED) is 0.155. The van der Waals surface area contributed by atoms with E-state index >= 15 is 0 Å². The number of hydrogen-bond donors (Lipinski definition) is 3. The maximum absolute atomic E-state index is 11.9. The molecule has 0 aliphatic carbocycles. The molecule has 0 unspecified atom stereocenters. The fourth-order valence-corrected chi connectivity index (χ4v) is 6.55. The molecule has 4 aromatic carbocycles. The number of rotatable bonds is 11. The van der Waals surface area contributed by atoms with Crippen molar-refractivity contribution >= 4 is 17.8 Å². The van der Waals surface area contributed by atoms with Crippen molar-refractivity contribution in [2.45, 2.75) is 50.4 Å². The van der Waals surface area contributed by atoms with Gasteiger partial charge in [0.05, 0.1) is 25.9 Å². The third-order valence-electron chi connectivity index (χ3n) is 7.81. The Labute approximate surface area is 263 Å². The van der Waals surface area contributed by atoms with E-state index < -0.39 is 6.29 Å². The van der Waals surface area contributed by atoms with Crippen LogP contribution in [0.25, 0.3) is 11.1 Å². The number of benzene rings is 4. The summed E-state index contributed by atoms with van der Waals surface area (Å²) in [6.45, 7) is 5.09. The van der Waals surface area contributed by atoms with Gasteiger partial charge < -0.3 is 30.0 Å². The normalized spacial score (nSPS) is 19.7. The molecule has 0 saturated carbocycles. The molecule has 0 radical (unpaired) electrons. The summed E-state index contributed by atoms with van der Waals surface area (Å²) in [6.07, 6.45) is -0.866.